The largest absolute Gasteiger partial charge is 0.336 e. The summed E-state index contributed by atoms with van der Waals surface area (Å²) in [7, 11) is 0. The summed E-state index contributed by atoms with van der Waals surface area (Å²) in [4.78, 5) is 18.3. The van der Waals surface area contributed by atoms with Gasteiger partial charge < -0.3 is 4.90 Å². The van der Waals surface area contributed by atoms with Crippen LogP contribution in [0.3, 0.4) is 0 Å². The molecule has 1 unspecified atom stereocenters. The fourth-order valence-corrected chi connectivity index (χ4v) is 3.35. The summed E-state index contributed by atoms with van der Waals surface area (Å²) in [5.74, 6) is -0.662. The van der Waals surface area contributed by atoms with Crippen LogP contribution in [0.4, 0.5) is 13.2 Å². The molecule has 0 N–H and O–H groups in total. The van der Waals surface area contributed by atoms with Crippen molar-refractivity contribution >= 4 is 11.6 Å². The molecule has 7 heteroatoms. The monoisotopic (exact) mass is 335 g/mol. The smallest absolute Gasteiger partial charge is 0.266 e. The minimum Gasteiger partial charge on any atom is -0.336 e. The van der Waals surface area contributed by atoms with Gasteiger partial charge >= 0.3 is 0 Å². The number of carbonyl (C=O) groups excluding carboxylic acids is 1. The molecule has 2 aromatic heterocycles. The van der Waals surface area contributed by atoms with E-state index in [-0.39, 0.29) is 31.2 Å². The van der Waals surface area contributed by atoms with Crippen LogP contribution in [0.25, 0.3) is 5.65 Å². The molecule has 1 amide bonds. The lowest BCUT2D eigenvalue weighted by Gasteiger charge is -2.17. The molecule has 126 valence electrons. The molecule has 1 saturated carbocycles. The average molecular weight is 335 g/mol. The van der Waals surface area contributed by atoms with Crippen LogP contribution in [0.5, 0.6) is 0 Å². The summed E-state index contributed by atoms with van der Waals surface area (Å²) in [5, 5.41) is 0. The van der Waals surface area contributed by atoms with Gasteiger partial charge in [0, 0.05) is 31.0 Å². The molecule has 2 aromatic rings. The quantitative estimate of drug-likeness (QED) is 0.858. The molecule has 0 aromatic carbocycles. The number of carbonyl (C=O) groups is 1. The first-order chi connectivity index (χ1) is 11.5. The third kappa shape index (κ3) is 2.79. The number of amides is 1. The summed E-state index contributed by atoms with van der Waals surface area (Å²) >= 11 is 0. The molecule has 1 atom stereocenters. The summed E-state index contributed by atoms with van der Waals surface area (Å²) < 4.78 is 40.1. The van der Waals surface area contributed by atoms with Gasteiger partial charge in [-0.3, -0.25) is 9.20 Å². The molecule has 4 nitrogen and oxygen atoms in total. The van der Waals surface area contributed by atoms with Crippen molar-refractivity contribution in [2.45, 2.75) is 31.7 Å². The number of pyridine rings is 1. The van der Waals surface area contributed by atoms with Gasteiger partial charge in [-0.05, 0) is 31.1 Å². The molecule has 2 fully saturated rings. The van der Waals surface area contributed by atoms with Crippen molar-refractivity contribution in [3.8, 4) is 0 Å². The van der Waals surface area contributed by atoms with Crippen LogP contribution in [-0.4, -0.2) is 26.7 Å². The normalized spacial score (nSPS) is 20.9. The van der Waals surface area contributed by atoms with Gasteiger partial charge in [0.15, 0.2) is 0 Å². The zero-order chi connectivity index (χ0) is 16.8. The number of rotatable bonds is 4. The molecule has 3 heterocycles. The molecule has 1 aliphatic carbocycles. The van der Waals surface area contributed by atoms with Crippen molar-refractivity contribution in [2.24, 2.45) is 5.92 Å². The predicted molar refractivity (Wildman–Crippen MR) is 80.9 cm³/mol. The molecule has 1 saturated heterocycles. The van der Waals surface area contributed by atoms with Crippen molar-refractivity contribution in [1.82, 2.24) is 14.3 Å². The summed E-state index contributed by atoms with van der Waals surface area (Å²) in [6, 6.07) is 2.97. The minimum absolute atomic E-state index is 0.0845. The lowest BCUT2D eigenvalue weighted by atomic mass is 10.1. The number of hydrogen-bond donors (Lipinski definition) is 0. The molecule has 1 aliphatic heterocycles. The fraction of sp³-hybridized carbons (Fsp3) is 0.412. The van der Waals surface area contributed by atoms with Gasteiger partial charge in [0.25, 0.3) is 6.08 Å². The summed E-state index contributed by atoms with van der Waals surface area (Å²) in [6.45, 7) is 0.524. The molecular weight excluding hydrogens is 319 g/mol. The summed E-state index contributed by atoms with van der Waals surface area (Å²) in [6.07, 6.45) is 2.60. The third-order valence-corrected chi connectivity index (χ3v) is 4.62. The lowest BCUT2D eigenvalue weighted by molar-refractivity contribution is -0.128. The topological polar surface area (TPSA) is 37.6 Å². The number of aromatic nitrogens is 2. The standard InChI is InChI=1S/C17H16F3N3O/c18-12-3-4-15-21-17(11-1-2-11)13(23(15)8-12)9-22-7-10(5-14(19)20)6-16(22)24/h3-5,8,10-11H,1-2,6-7,9H2. The maximum Gasteiger partial charge on any atom is 0.266 e. The van der Waals surface area contributed by atoms with Gasteiger partial charge in [-0.1, -0.05) is 0 Å². The second kappa shape index (κ2) is 5.65. The van der Waals surface area contributed by atoms with Gasteiger partial charge in [0.1, 0.15) is 11.5 Å². The maximum absolute atomic E-state index is 13.6. The second-order valence-corrected chi connectivity index (χ2v) is 6.49. The number of halogens is 3. The van der Waals surface area contributed by atoms with Gasteiger partial charge in [0.2, 0.25) is 5.91 Å². The highest BCUT2D eigenvalue weighted by Crippen LogP contribution is 2.42. The van der Waals surface area contributed by atoms with E-state index in [0.717, 1.165) is 30.3 Å². The maximum atomic E-state index is 13.6. The van der Waals surface area contributed by atoms with E-state index in [2.05, 4.69) is 4.98 Å². The zero-order valence-electron chi connectivity index (χ0n) is 12.9. The van der Waals surface area contributed by atoms with E-state index in [4.69, 9.17) is 0 Å². The van der Waals surface area contributed by atoms with E-state index >= 15 is 0 Å². The van der Waals surface area contributed by atoms with Crippen molar-refractivity contribution in [3.63, 3.8) is 0 Å². The van der Waals surface area contributed by atoms with Crippen LogP contribution in [-0.2, 0) is 11.3 Å². The highest BCUT2D eigenvalue weighted by Gasteiger charge is 2.34. The zero-order valence-corrected chi connectivity index (χ0v) is 12.9. The first-order valence-corrected chi connectivity index (χ1v) is 7.98. The predicted octanol–water partition coefficient (Wildman–Crippen LogP) is 3.48. The Hall–Kier alpha value is -2.31. The van der Waals surface area contributed by atoms with Gasteiger partial charge in [-0.15, -0.1) is 0 Å². The van der Waals surface area contributed by atoms with E-state index in [1.165, 1.54) is 12.3 Å². The highest BCUT2D eigenvalue weighted by atomic mass is 19.3. The Morgan fingerprint density at radius 1 is 1.33 bits per heavy atom. The van der Waals surface area contributed by atoms with Crippen molar-refractivity contribution in [3.05, 3.63) is 47.7 Å². The van der Waals surface area contributed by atoms with E-state index in [1.807, 2.05) is 0 Å². The van der Waals surface area contributed by atoms with Gasteiger partial charge in [0.05, 0.1) is 17.9 Å². The summed E-state index contributed by atoms with van der Waals surface area (Å²) in [5.41, 5.74) is 2.32. The number of fused-ring (bicyclic) bond motifs is 1. The number of nitrogens with zero attached hydrogens (tertiary/aromatic N) is 3. The highest BCUT2D eigenvalue weighted by molar-refractivity contribution is 5.79. The Morgan fingerprint density at radius 3 is 2.83 bits per heavy atom. The van der Waals surface area contributed by atoms with Crippen molar-refractivity contribution in [1.29, 1.82) is 0 Å². The number of likely N-dealkylation sites (tertiary alicyclic amines) is 1. The molecule has 0 bridgehead atoms. The van der Waals surface area contributed by atoms with Gasteiger partial charge in [-0.2, -0.15) is 8.78 Å². The Kier molecular flexibility index (Phi) is 3.58. The minimum atomic E-state index is -1.76. The first kappa shape index (κ1) is 15.2. The second-order valence-electron chi connectivity index (χ2n) is 6.49. The number of hydrogen-bond acceptors (Lipinski definition) is 2. The van der Waals surface area contributed by atoms with Crippen LogP contribution in [0.1, 0.15) is 36.6 Å². The van der Waals surface area contributed by atoms with Crippen LogP contribution in [0.15, 0.2) is 30.5 Å². The Labute approximate surface area is 136 Å². The lowest BCUT2D eigenvalue weighted by Crippen LogP contribution is -2.25. The van der Waals surface area contributed by atoms with Crippen molar-refractivity contribution in [2.75, 3.05) is 6.54 Å². The van der Waals surface area contributed by atoms with Crippen LogP contribution < -0.4 is 0 Å². The van der Waals surface area contributed by atoms with Crippen LogP contribution in [0, 0.1) is 11.7 Å². The van der Waals surface area contributed by atoms with Crippen LogP contribution >= 0.6 is 0 Å². The Balaban J connectivity index is 1.66. The number of imidazole rings is 1. The molecular formula is C17H16F3N3O. The SMILES string of the molecule is O=C1CC(C=C(F)F)CN1Cc1c(C2CC2)nc2ccc(F)cn12. The van der Waals surface area contributed by atoms with E-state index in [9.17, 15) is 18.0 Å². The molecule has 0 spiro atoms. The van der Waals surface area contributed by atoms with Gasteiger partial charge in [-0.25, -0.2) is 9.37 Å². The van der Waals surface area contributed by atoms with E-state index in [0.29, 0.717) is 11.6 Å². The van der Waals surface area contributed by atoms with E-state index < -0.39 is 12.0 Å². The Morgan fingerprint density at radius 2 is 2.12 bits per heavy atom. The Bertz CT molecular complexity index is 837. The molecule has 4 rings (SSSR count). The average Bonchev–Trinajstić information content (AvgIpc) is 3.22. The third-order valence-electron chi connectivity index (χ3n) is 4.62. The van der Waals surface area contributed by atoms with Crippen molar-refractivity contribution < 1.29 is 18.0 Å². The molecule has 24 heavy (non-hydrogen) atoms. The van der Waals surface area contributed by atoms with Crippen LogP contribution in [0.2, 0.25) is 0 Å². The first-order valence-electron chi connectivity index (χ1n) is 7.98. The fourth-order valence-electron chi connectivity index (χ4n) is 3.35. The molecule has 0 radical (unpaired) electrons. The molecule has 2 aliphatic rings. The van der Waals surface area contributed by atoms with E-state index in [1.54, 1.807) is 15.4 Å².